The number of likely N-dealkylation sites (tertiary alicyclic amines) is 4. The lowest BCUT2D eigenvalue weighted by Crippen LogP contribution is -2.38. The molecule has 0 aromatic rings. The van der Waals surface area contributed by atoms with Gasteiger partial charge in [0.15, 0.2) is 0 Å². The Balaban J connectivity index is 0.000000307. The molecule has 0 radical (unpaired) electrons. The first kappa shape index (κ1) is 43.9. The third-order valence-electron chi connectivity index (χ3n) is 11.2. The van der Waals surface area contributed by atoms with E-state index < -0.39 is 0 Å². The summed E-state index contributed by atoms with van der Waals surface area (Å²) in [4.78, 5) is 10.6. The van der Waals surface area contributed by atoms with Crippen LogP contribution in [0.5, 0.6) is 0 Å². The third-order valence-corrected chi connectivity index (χ3v) is 11.2. The van der Waals surface area contributed by atoms with Crippen LogP contribution in [0.25, 0.3) is 0 Å². The zero-order valence-electron chi connectivity index (χ0n) is 34.6. The molecule has 4 nitrogen and oxygen atoms in total. The second-order valence-electron chi connectivity index (χ2n) is 18.1. The molecule has 0 aromatic carbocycles. The Morgan fingerprint density at radius 1 is 0.370 bits per heavy atom. The van der Waals surface area contributed by atoms with Crippen molar-refractivity contribution in [1.29, 1.82) is 0 Å². The molecule has 46 heavy (non-hydrogen) atoms. The molecule has 0 aromatic heterocycles. The van der Waals surface area contributed by atoms with Gasteiger partial charge in [-0.1, -0.05) is 55.4 Å². The van der Waals surface area contributed by atoms with E-state index in [1.165, 1.54) is 90.4 Å². The van der Waals surface area contributed by atoms with Crippen molar-refractivity contribution >= 4 is 0 Å². The first-order valence-electron chi connectivity index (χ1n) is 20.5. The Morgan fingerprint density at radius 3 is 0.848 bits per heavy atom. The average molecular weight is 649 g/mol. The normalized spacial score (nSPS) is 26.6. The third kappa shape index (κ3) is 15.6. The van der Waals surface area contributed by atoms with E-state index in [1.54, 1.807) is 0 Å². The highest BCUT2D eigenvalue weighted by Crippen LogP contribution is 2.28. The van der Waals surface area contributed by atoms with E-state index in [4.69, 9.17) is 0 Å². The van der Waals surface area contributed by atoms with E-state index in [0.717, 1.165) is 72.0 Å². The van der Waals surface area contributed by atoms with Crippen LogP contribution in [-0.2, 0) is 0 Å². The molecule has 4 heterocycles. The van der Waals surface area contributed by atoms with Crippen molar-refractivity contribution in [1.82, 2.24) is 19.6 Å². The first-order valence-corrected chi connectivity index (χ1v) is 20.5. The van der Waals surface area contributed by atoms with E-state index in [0.29, 0.717) is 0 Å². The van der Waals surface area contributed by atoms with Gasteiger partial charge in [-0.2, -0.15) is 0 Å². The maximum absolute atomic E-state index is 2.67. The number of rotatable bonds is 10. The van der Waals surface area contributed by atoms with Crippen LogP contribution < -0.4 is 0 Å². The molecule has 0 N–H and O–H groups in total. The van der Waals surface area contributed by atoms with Crippen LogP contribution in [0, 0.1) is 23.7 Å². The van der Waals surface area contributed by atoms with Crippen LogP contribution in [0.4, 0.5) is 0 Å². The zero-order chi connectivity index (χ0) is 35.1. The fourth-order valence-electron chi connectivity index (χ4n) is 9.01. The van der Waals surface area contributed by atoms with Crippen molar-refractivity contribution < 1.29 is 0 Å². The average Bonchev–Trinajstić information content (AvgIpc) is 3.75. The second kappa shape index (κ2) is 22.5. The molecule has 276 valence electrons. The lowest BCUT2D eigenvalue weighted by atomic mass is 10.0. The first-order chi connectivity index (χ1) is 21.5. The van der Waals surface area contributed by atoms with Gasteiger partial charge in [0.05, 0.1) is 0 Å². The van der Waals surface area contributed by atoms with Gasteiger partial charge in [-0.25, -0.2) is 0 Å². The highest BCUT2D eigenvalue weighted by Gasteiger charge is 2.30. The summed E-state index contributed by atoms with van der Waals surface area (Å²) in [5, 5.41) is 0. The molecule has 4 saturated heterocycles. The molecule has 4 aliphatic rings. The van der Waals surface area contributed by atoms with Crippen LogP contribution in [0.15, 0.2) is 0 Å². The lowest BCUT2D eigenvalue weighted by molar-refractivity contribution is 0.166. The largest absolute Gasteiger partial charge is 0.298 e. The van der Waals surface area contributed by atoms with Crippen LogP contribution in [-0.4, -0.2) is 94.1 Å². The van der Waals surface area contributed by atoms with Crippen molar-refractivity contribution in [2.75, 3.05) is 26.2 Å². The summed E-state index contributed by atoms with van der Waals surface area (Å²) in [5.74, 6) is 3.38. The Hall–Kier alpha value is -0.160. The molecule has 4 aliphatic heterocycles. The predicted octanol–water partition coefficient (Wildman–Crippen LogP) is 10.8. The van der Waals surface area contributed by atoms with Gasteiger partial charge in [0.25, 0.3) is 0 Å². The molecule has 0 bridgehead atoms. The van der Waals surface area contributed by atoms with Crippen molar-refractivity contribution in [2.45, 2.75) is 223 Å². The van der Waals surface area contributed by atoms with Crippen molar-refractivity contribution in [3.63, 3.8) is 0 Å². The van der Waals surface area contributed by atoms with Crippen molar-refractivity contribution in [2.24, 2.45) is 23.7 Å². The van der Waals surface area contributed by atoms with E-state index in [-0.39, 0.29) is 0 Å². The van der Waals surface area contributed by atoms with Gasteiger partial charge in [-0.05, 0) is 169 Å². The van der Waals surface area contributed by atoms with Gasteiger partial charge in [0.1, 0.15) is 0 Å². The minimum atomic E-state index is 0.741. The zero-order valence-corrected chi connectivity index (χ0v) is 34.6. The molecule has 0 spiro atoms. The van der Waals surface area contributed by atoms with Gasteiger partial charge >= 0.3 is 0 Å². The highest BCUT2D eigenvalue weighted by molar-refractivity contribution is 4.85. The minimum Gasteiger partial charge on any atom is -0.298 e. The van der Waals surface area contributed by atoms with E-state index in [9.17, 15) is 0 Å². The molecule has 0 amide bonds. The Kier molecular flexibility index (Phi) is 21.5. The molecule has 4 rings (SSSR count). The van der Waals surface area contributed by atoms with Crippen molar-refractivity contribution in [3.05, 3.63) is 0 Å². The molecule has 4 fully saturated rings. The summed E-state index contributed by atoms with van der Waals surface area (Å²) in [6, 6.07) is 6.45. The summed E-state index contributed by atoms with van der Waals surface area (Å²) >= 11 is 0. The van der Waals surface area contributed by atoms with Gasteiger partial charge < -0.3 is 0 Å². The predicted molar refractivity (Wildman–Crippen MR) is 208 cm³/mol. The van der Waals surface area contributed by atoms with E-state index in [1.807, 2.05) is 0 Å². The van der Waals surface area contributed by atoms with E-state index >= 15 is 0 Å². The summed E-state index contributed by atoms with van der Waals surface area (Å²) in [6.45, 7) is 42.5. The van der Waals surface area contributed by atoms with E-state index in [2.05, 4.69) is 130 Å². The Morgan fingerprint density at radius 2 is 0.630 bits per heavy atom. The quantitative estimate of drug-likeness (QED) is 0.234. The van der Waals surface area contributed by atoms with Gasteiger partial charge in [0.2, 0.25) is 0 Å². The van der Waals surface area contributed by atoms with Gasteiger partial charge in [-0.15, -0.1) is 0 Å². The molecular weight excluding hydrogens is 560 g/mol. The van der Waals surface area contributed by atoms with Gasteiger partial charge in [0, 0.05) is 48.3 Å². The van der Waals surface area contributed by atoms with Crippen LogP contribution in [0.1, 0.15) is 175 Å². The van der Waals surface area contributed by atoms with Crippen molar-refractivity contribution in [3.8, 4) is 0 Å². The van der Waals surface area contributed by atoms with Crippen LogP contribution in [0.3, 0.4) is 0 Å². The fourth-order valence-corrected chi connectivity index (χ4v) is 9.01. The minimum absolute atomic E-state index is 0.741. The Bertz CT molecular complexity index is 652. The fraction of sp³-hybridized carbons (Fsp3) is 1.00. The van der Waals surface area contributed by atoms with Crippen LogP contribution in [0.2, 0.25) is 0 Å². The summed E-state index contributed by atoms with van der Waals surface area (Å²) in [5.41, 5.74) is 0. The van der Waals surface area contributed by atoms with Gasteiger partial charge in [-0.3, -0.25) is 19.6 Å². The maximum Gasteiger partial charge on any atom is 0.0121 e. The summed E-state index contributed by atoms with van der Waals surface area (Å²) in [7, 11) is 0. The Labute approximate surface area is 292 Å². The lowest BCUT2D eigenvalue weighted by Gasteiger charge is -2.30. The maximum atomic E-state index is 2.67. The molecule has 4 atom stereocenters. The number of hydrogen-bond donors (Lipinski definition) is 0. The number of nitrogens with zero attached hydrogens (tertiary/aromatic N) is 4. The second-order valence-corrected chi connectivity index (χ2v) is 18.1. The SMILES string of the molecule is CC(C)C[C@@H]1CCCN1C(C)C.CC(C)C[C@H]1CCCN1C(C)C.CC(C)[C@@H]1CCCN1C(C)C.CC(C)[C@H]1CCCN1C(C)C. The molecule has 4 heteroatoms. The highest BCUT2D eigenvalue weighted by atomic mass is 15.2. The standard InChI is InChI=1S/2C11H23N.2C10H21N/c2*1-9(2)8-11-6-5-7-12(11)10(3)4;2*1-8(2)10-6-5-7-11(10)9(3)4/h2*9-11H,5-8H2,1-4H3;2*8-10H,5-7H2,1-4H3/t2*11-;2*10-/m1010/s1. The van der Waals surface area contributed by atoms with Crippen LogP contribution >= 0.6 is 0 Å². The number of hydrogen-bond acceptors (Lipinski definition) is 4. The monoisotopic (exact) mass is 649 g/mol. The molecule has 0 aliphatic carbocycles. The molecular formula is C42H88N4. The smallest absolute Gasteiger partial charge is 0.0121 e. The molecule has 0 saturated carbocycles. The molecule has 0 unspecified atom stereocenters. The topological polar surface area (TPSA) is 13.0 Å². The summed E-state index contributed by atoms with van der Waals surface area (Å²) < 4.78 is 0. The summed E-state index contributed by atoms with van der Waals surface area (Å²) in [6.07, 6.45) is 14.1.